The molecule has 1 heterocycles. The molecule has 1 rings (SSSR count). The molecule has 1 N–H and O–H groups in total. The fourth-order valence-corrected chi connectivity index (χ4v) is 1.02. The maximum atomic E-state index is 11.3. The molecule has 5 nitrogen and oxygen atoms in total. The van der Waals surface area contributed by atoms with Gasteiger partial charge in [0.15, 0.2) is 5.82 Å². The first-order valence-corrected chi connectivity index (χ1v) is 4.85. The van der Waals surface area contributed by atoms with Gasteiger partial charge in [-0.15, -0.1) is 21.8 Å². The molecule has 0 saturated heterocycles. The quantitative estimate of drug-likeness (QED) is 0.737. The van der Waals surface area contributed by atoms with Crippen LogP contribution in [0.3, 0.4) is 0 Å². The number of carbonyl (C=O) groups excluding carboxylic acids is 1. The van der Waals surface area contributed by atoms with Gasteiger partial charge in [0.05, 0.1) is 6.54 Å². The van der Waals surface area contributed by atoms with Crippen molar-refractivity contribution in [3.05, 3.63) is 12.2 Å². The number of amides is 1. The van der Waals surface area contributed by atoms with E-state index >= 15 is 0 Å². The molecule has 0 fully saturated rings. The summed E-state index contributed by atoms with van der Waals surface area (Å²) in [5, 5.41) is 10.3. The maximum Gasteiger partial charge on any atom is 0.224 e. The summed E-state index contributed by atoms with van der Waals surface area (Å²) in [4.78, 5) is 11.3. The predicted octanol–water partition coefficient (Wildman–Crippen LogP) is 0.306. The molecule has 6 heteroatoms. The molecular weight excluding hydrogens is 204 g/mol. The Hall–Kier alpha value is -1.10. The molecule has 0 spiro atoms. The van der Waals surface area contributed by atoms with Crippen molar-refractivity contribution >= 4 is 17.5 Å². The molecule has 0 aromatic carbocycles. The van der Waals surface area contributed by atoms with Crippen molar-refractivity contribution in [3.63, 3.8) is 0 Å². The summed E-state index contributed by atoms with van der Waals surface area (Å²) in [5.41, 5.74) is 0. The van der Waals surface area contributed by atoms with E-state index in [-0.39, 0.29) is 11.8 Å². The van der Waals surface area contributed by atoms with Crippen molar-refractivity contribution in [1.82, 2.24) is 20.1 Å². The number of carbonyl (C=O) groups is 1. The van der Waals surface area contributed by atoms with Crippen molar-refractivity contribution in [2.45, 2.75) is 13.5 Å². The van der Waals surface area contributed by atoms with Crippen molar-refractivity contribution in [3.8, 4) is 0 Å². The number of aromatic nitrogens is 3. The first-order valence-electron chi connectivity index (χ1n) is 4.31. The third-order valence-electron chi connectivity index (χ3n) is 1.90. The van der Waals surface area contributed by atoms with Gasteiger partial charge in [-0.2, -0.15) is 0 Å². The van der Waals surface area contributed by atoms with E-state index in [0.29, 0.717) is 12.4 Å². The molecule has 14 heavy (non-hydrogen) atoms. The van der Waals surface area contributed by atoms with Crippen LogP contribution in [0.1, 0.15) is 12.7 Å². The van der Waals surface area contributed by atoms with Crippen molar-refractivity contribution < 1.29 is 4.79 Å². The number of nitrogens with zero attached hydrogens (tertiary/aromatic N) is 3. The summed E-state index contributed by atoms with van der Waals surface area (Å²) in [6.07, 6.45) is 1.59. The standard InChI is InChI=1S/C8H13ClN4O/c1-6(3-9)8(14)10-4-7-12-11-5-13(7)2/h5-6H,3-4H2,1-2H3,(H,10,14). The Morgan fingerprint density at radius 3 is 3.00 bits per heavy atom. The fraction of sp³-hybridized carbons (Fsp3) is 0.625. The Morgan fingerprint density at radius 1 is 1.79 bits per heavy atom. The highest BCUT2D eigenvalue weighted by molar-refractivity contribution is 6.19. The van der Waals surface area contributed by atoms with Gasteiger partial charge < -0.3 is 9.88 Å². The van der Waals surface area contributed by atoms with Gasteiger partial charge in [0.25, 0.3) is 0 Å². The molecule has 1 amide bonds. The first kappa shape index (κ1) is 11.0. The number of aryl methyl sites for hydroxylation is 1. The van der Waals surface area contributed by atoms with Gasteiger partial charge in [0.1, 0.15) is 6.33 Å². The molecule has 0 aliphatic rings. The molecule has 1 atom stereocenters. The van der Waals surface area contributed by atoms with Crippen LogP contribution in [-0.2, 0) is 18.4 Å². The Bertz CT molecular complexity index is 312. The molecule has 0 saturated carbocycles. The Kier molecular flexibility index (Phi) is 3.88. The van der Waals surface area contributed by atoms with Crippen LogP contribution in [-0.4, -0.2) is 26.6 Å². The lowest BCUT2D eigenvalue weighted by Gasteiger charge is -2.08. The van der Waals surface area contributed by atoms with Crippen LogP contribution in [0.2, 0.25) is 0 Å². The van der Waals surface area contributed by atoms with E-state index in [2.05, 4.69) is 15.5 Å². The lowest BCUT2D eigenvalue weighted by atomic mass is 10.2. The number of nitrogens with one attached hydrogen (secondary N) is 1. The van der Waals surface area contributed by atoms with E-state index in [1.165, 1.54) is 0 Å². The molecule has 78 valence electrons. The summed E-state index contributed by atoms with van der Waals surface area (Å²) in [7, 11) is 1.83. The van der Waals surface area contributed by atoms with E-state index in [4.69, 9.17) is 11.6 Å². The highest BCUT2D eigenvalue weighted by atomic mass is 35.5. The Balaban J connectivity index is 2.41. The van der Waals surface area contributed by atoms with E-state index < -0.39 is 0 Å². The van der Waals surface area contributed by atoms with Gasteiger partial charge in [-0.1, -0.05) is 6.92 Å². The second kappa shape index (κ2) is 4.95. The predicted molar refractivity (Wildman–Crippen MR) is 52.7 cm³/mol. The minimum atomic E-state index is -0.176. The van der Waals surface area contributed by atoms with Crippen LogP contribution in [0.4, 0.5) is 0 Å². The number of rotatable bonds is 4. The molecule has 1 unspecified atom stereocenters. The molecule has 0 radical (unpaired) electrons. The van der Waals surface area contributed by atoms with Gasteiger partial charge in [-0.05, 0) is 0 Å². The average Bonchev–Trinajstić information content (AvgIpc) is 2.59. The molecule has 0 aliphatic carbocycles. The zero-order valence-electron chi connectivity index (χ0n) is 8.20. The van der Waals surface area contributed by atoms with Crippen LogP contribution in [0.25, 0.3) is 0 Å². The van der Waals surface area contributed by atoms with Crippen LogP contribution in [0.5, 0.6) is 0 Å². The summed E-state index contributed by atoms with van der Waals surface area (Å²) in [6, 6.07) is 0. The summed E-state index contributed by atoms with van der Waals surface area (Å²) >= 11 is 5.54. The molecule has 0 bridgehead atoms. The average molecular weight is 217 g/mol. The number of halogens is 1. The first-order chi connectivity index (χ1) is 6.65. The van der Waals surface area contributed by atoms with Gasteiger partial charge in [0, 0.05) is 18.8 Å². The van der Waals surface area contributed by atoms with Crippen molar-refractivity contribution in [2.75, 3.05) is 5.88 Å². The van der Waals surface area contributed by atoms with E-state index in [0.717, 1.165) is 5.82 Å². The molecular formula is C8H13ClN4O. The summed E-state index contributed by atoms with van der Waals surface area (Å²) < 4.78 is 1.76. The summed E-state index contributed by atoms with van der Waals surface area (Å²) in [6.45, 7) is 2.16. The minimum absolute atomic E-state index is 0.0667. The maximum absolute atomic E-state index is 11.3. The van der Waals surface area contributed by atoms with Gasteiger partial charge in [0.2, 0.25) is 5.91 Å². The van der Waals surface area contributed by atoms with E-state index in [9.17, 15) is 4.79 Å². The highest BCUT2D eigenvalue weighted by Gasteiger charge is 2.11. The zero-order valence-corrected chi connectivity index (χ0v) is 8.95. The van der Waals surface area contributed by atoms with Gasteiger partial charge in [-0.25, -0.2) is 0 Å². The van der Waals surface area contributed by atoms with E-state index in [1.54, 1.807) is 17.8 Å². The van der Waals surface area contributed by atoms with Crippen LogP contribution in [0.15, 0.2) is 6.33 Å². The smallest absolute Gasteiger partial charge is 0.224 e. The van der Waals surface area contributed by atoms with Gasteiger partial charge >= 0.3 is 0 Å². The number of hydrogen-bond donors (Lipinski definition) is 1. The van der Waals surface area contributed by atoms with Crippen LogP contribution in [0, 0.1) is 5.92 Å². The highest BCUT2D eigenvalue weighted by Crippen LogP contribution is 1.98. The molecule has 1 aromatic heterocycles. The monoisotopic (exact) mass is 216 g/mol. The minimum Gasteiger partial charge on any atom is -0.349 e. The van der Waals surface area contributed by atoms with Crippen molar-refractivity contribution in [2.24, 2.45) is 13.0 Å². The largest absolute Gasteiger partial charge is 0.349 e. The third-order valence-corrected chi connectivity index (χ3v) is 2.37. The van der Waals surface area contributed by atoms with Crippen LogP contribution >= 0.6 is 11.6 Å². The third kappa shape index (κ3) is 2.70. The van der Waals surface area contributed by atoms with Crippen molar-refractivity contribution in [1.29, 1.82) is 0 Å². The Morgan fingerprint density at radius 2 is 2.50 bits per heavy atom. The molecule has 0 aliphatic heterocycles. The lowest BCUT2D eigenvalue weighted by Crippen LogP contribution is -2.30. The van der Waals surface area contributed by atoms with Crippen LogP contribution < -0.4 is 5.32 Å². The lowest BCUT2D eigenvalue weighted by molar-refractivity contribution is -0.124. The fourth-order valence-electron chi connectivity index (χ4n) is 0.878. The number of alkyl halides is 1. The zero-order chi connectivity index (χ0) is 10.6. The normalized spacial score (nSPS) is 12.5. The second-order valence-corrected chi connectivity index (χ2v) is 3.44. The summed E-state index contributed by atoms with van der Waals surface area (Å²) in [5.74, 6) is 0.804. The number of hydrogen-bond acceptors (Lipinski definition) is 3. The Labute approximate surface area is 87.5 Å². The van der Waals surface area contributed by atoms with E-state index in [1.807, 2.05) is 7.05 Å². The second-order valence-electron chi connectivity index (χ2n) is 3.13. The SMILES string of the molecule is CC(CCl)C(=O)NCc1nncn1C. The van der Waals surface area contributed by atoms with Gasteiger partial charge in [-0.3, -0.25) is 4.79 Å². The topological polar surface area (TPSA) is 59.8 Å². The molecule has 1 aromatic rings.